The fraction of sp³-hybridized carbons (Fsp3) is 0.0833. The molecule has 0 spiro atoms. The number of hydrogen-bond donors (Lipinski definition) is 5. The highest BCUT2D eigenvalue weighted by Crippen LogP contribution is 2.29. The van der Waals surface area contributed by atoms with E-state index in [2.05, 4.69) is 10.8 Å². The molecule has 9 nitrogen and oxygen atoms in total. The summed E-state index contributed by atoms with van der Waals surface area (Å²) in [5.41, 5.74) is 12.6. The van der Waals surface area contributed by atoms with Crippen molar-refractivity contribution in [3.63, 3.8) is 0 Å². The molecule has 1 amide bonds. The fourth-order valence-corrected chi connectivity index (χ4v) is 4.45. The minimum absolute atomic E-state index is 0.0272. The van der Waals surface area contributed by atoms with Gasteiger partial charge in [-0.3, -0.25) is 20.5 Å². The molecule has 34 heavy (non-hydrogen) atoms. The van der Waals surface area contributed by atoms with Crippen LogP contribution < -0.4 is 21.7 Å². The second-order valence-corrected chi connectivity index (χ2v) is 9.29. The largest absolute Gasteiger partial charge is 0.384 e. The molecule has 1 atom stereocenters. The normalized spacial score (nSPS) is 15.6. The molecule has 0 aromatic heterocycles. The zero-order valence-corrected chi connectivity index (χ0v) is 19.0. The summed E-state index contributed by atoms with van der Waals surface area (Å²) in [6.45, 7) is 1.79. The average molecular weight is 478 g/mol. The minimum atomic E-state index is -3.88. The maximum absolute atomic E-state index is 12.9. The van der Waals surface area contributed by atoms with Gasteiger partial charge in [0.2, 0.25) is 10.0 Å². The predicted octanol–water partition coefficient (Wildman–Crippen LogP) is 2.56. The Bertz CT molecular complexity index is 1420. The quantitative estimate of drug-likeness (QED) is 0.271. The molecule has 3 aromatic rings. The van der Waals surface area contributed by atoms with Gasteiger partial charge in [-0.05, 0) is 42.3 Å². The molecule has 0 fully saturated rings. The molecule has 0 aliphatic carbocycles. The van der Waals surface area contributed by atoms with Crippen LogP contribution >= 0.6 is 0 Å². The number of nitrogens with one attached hydrogen (secondary N) is 3. The number of benzene rings is 3. The van der Waals surface area contributed by atoms with Gasteiger partial charge in [-0.2, -0.15) is 0 Å². The first kappa shape index (κ1) is 23.2. The van der Waals surface area contributed by atoms with Crippen LogP contribution in [0.5, 0.6) is 0 Å². The van der Waals surface area contributed by atoms with Gasteiger partial charge in [-0.1, -0.05) is 48.5 Å². The summed E-state index contributed by atoms with van der Waals surface area (Å²) in [6.07, 6.45) is -0.862. The van der Waals surface area contributed by atoms with Crippen molar-refractivity contribution in [1.82, 2.24) is 5.48 Å². The maximum atomic E-state index is 12.9. The summed E-state index contributed by atoms with van der Waals surface area (Å²) >= 11 is 0. The minimum Gasteiger partial charge on any atom is -0.384 e. The van der Waals surface area contributed by atoms with E-state index >= 15 is 0 Å². The standard InChI is InChI=1S/C24H23N5O4S/c1-14-21(16-5-4-6-17(13-16)23(25)26)29-33-22(14)24(30)28-18-11-9-15(10-12-18)19-7-2-3-8-20(19)34(27,31)32/h2-13,22,29H,1H3,(H3,25,26)(H,28,30)(H2,27,31,32). The van der Waals surface area contributed by atoms with Crippen LogP contribution in [0.1, 0.15) is 18.1 Å². The number of sulfonamides is 1. The first-order chi connectivity index (χ1) is 16.1. The zero-order valence-electron chi connectivity index (χ0n) is 18.2. The van der Waals surface area contributed by atoms with Crippen LogP contribution in [0, 0.1) is 5.41 Å². The maximum Gasteiger partial charge on any atom is 0.260 e. The van der Waals surface area contributed by atoms with Crippen molar-refractivity contribution in [2.75, 3.05) is 5.32 Å². The lowest BCUT2D eigenvalue weighted by atomic mass is 10.0. The fourth-order valence-electron chi connectivity index (χ4n) is 3.69. The van der Waals surface area contributed by atoms with E-state index in [1.165, 1.54) is 6.07 Å². The van der Waals surface area contributed by atoms with Crippen molar-refractivity contribution in [3.8, 4) is 11.1 Å². The second-order valence-electron chi connectivity index (χ2n) is 7.76. The number of primary sulfonamides is 1. The number of hydroxylamine groups is 1. The molecule has 1 aliphatic heterocycles. The Morgan fingerprint density at radius 1 is 1.03 bits per heavy atom. The Kier molecular flexibility index (Phi) is 6.20. The summed E-state index contributed by atoms with van der Waals surface area (Å²) in [4.78, 5) is 18.4. The summed E-state index contributed by atoms with van der Waals surface area (Å²) in [6, 6.07) is 20.3. The first-order valence-corrected chi connectivity index (χ1v) is 11.8. The van der Waals surface area contributed by atoms with E-state index in [0.29, 0.717) is 33.6 Å². The molecule has 10 heteroatoms. The number of nitrogens with two attached hydrogens (primary N) is 2. The number of carbonyl (C=O) groups excluding carboxylic acids is 1. The highest BCUT2D eigenvalue weighted by molar-refractivity contribution is 7.89. The molecule has 0 saturated carbocycles. The third-order valence-corrected chi connectivity index (χ3v) is 6.39. The summed E-state index contributed by atoms with van der Waals surface area (Å²) in [5, 5.41) is 15.7. The van der Waals surface area contributed by atoms with E-state index in [1.807, 2.05) is 6.07 Å². The second kappa shape index (κ2) is 9.10. The topological polar surface area (TPSA) is 160 Å². The Morgan fingerprint density at radius 3 is 2.41 bits per heavy atom. The van der Waals surface area contributed by atoms with Crippen molar-refractivity contribution >= 4 is 33.2 Å². The zero-order chi connectivity index (χ0) is 24.5. The smallest absolute Gasteiger partial charge is 0.260 e. The molecule has 0 bridgehead atoms. The van der Waals surface area contributed by atoms with E-state index in [-0.39, 0.29) is 16.6 Å². The number of nitrogen functional groups attached to an aromatic ring is 1. The number of rotatable bonds is 6. The van der Waals surface area contributed by atoms with E-state index < -0.39 is 16.1 Å². The molecule has 4 rings (SSSR count). The molecule has 1 heterocycles. The van der Waals surface area contributed by atoms with Crippen molar-refractivity contribution in [3.05, 3.63) is 89.5 Å². The Labute approximate surface area is 196 Å². The lowest BCUT2D eigenvalue weighted by Crippen LogP contribution is -2.30. The summed E-state index contributed by atoms with van der Waals surface area (Å²) in [7, 11) is -3.88. The summed E-state index contributed by atoms with van der Waals surface area (Å²) in [5.74, 6) is -0.427. The number of carbonyl (C=O) groups is 1. The van der Waals surface area contributed by atoms with Gasteiger partial charge in [0.15, 0.2) is 6.10 Å². The van der Waals surface area contributed by atoms with Crippen LogP contribution in [0.3, 0.4) is 0 Å². The van der Waals surface area contributed by atoms with Gasteiger partial charge >= 0.3 is 0 Å². The van der Waals surface area contributed by atoms with E-state index in [0.717, 1.165) is 5.56 Å². The van der Waals surface area contributed by atoms with Crippen LogP contribution in [-0.4, -0.2) is 26.3 Å². The van der Waals surface area contributed by atoms with E-state index in [4.69, 9.17) is 21.1 Å². The Hall–Kier alpha value is -3.99. The molecular weight excluding hydrogens is 454 g/mol. The first-order valence-electron chi connectivity index (χ1n) is 10.3. The molecule has 1 aliphatic rings. The molecule has 0 radical (unpaired) electrons. The van der Waals surface area contributed by atoms with Crippen molar-refractivity contribution in [2.24, 2.45) is 10.9 Å². The Balaban J connectivity index is 1.52. The number of hydrogen-bond acceptors (Lipinski definition) is 6. The van der Waals surface area contributed by atoms with Crippen molar-refractivity contribution in [1.29, 1.82) is 5.41 Å². The van der Waals surface area contributed by atoms with Crippen molar-refractivity contribution in [2.45, 2.75) is 17.9 Å². The lowest BCUT2D eigenvalue weighted by molar-refractivity contribution is -0.126. The number of anilines is 1. The van der Waals surface area contributed by atoms with Crippen LogP contribution in [0.4, 0.5) is 5.69 Å². The third-order valence-electron chi connectivity index (χ3n) is 5.42. The van der Waals surface area contributed by atoms with Crippen LogP contribution in [-0.2, 0) is 19.7 Å². The lowest BCUT2D eigenvalue weighted by Gasteiger charge is -2.12. The van der Waals surface area contributed by atoms with Gasteiger partial charge in [0, 0.05) is 22.4 Å². The number of amidine groups is 1. The third kappa shape index (κ3) is 4.69. The number of amides is 1. The van der Waals surface area contributed by atoms with Crippen LogP contribution in [0.25, 0.3) is 16.8 Å². The SMILES string of the molecule is CC1=C(c2cccc(C(=N)N)c2)NOC1C(=O)Nc1ccc(-c2ccccc2S(N)(=O)=O)cc1. The van der Waals surface area contributed by atoms with Crippen molar-refractivity contribution < 1.29 is 18.0 Å². The predicted molar refractivity (Wildman–Crippen MR) is 130 cm³/mol. The molecule has 0 saturated heterocycles. The van der Waals surface area contributed by atoms with Crippen LogP contribution in [0.2, 0.25) is 0 Å². The molecule has 174 valence electrons. The summed E-state index contributed by atoms with van der Waals surface area (Å²) < 4.78 is 23.8. The highest BCUT2D eigenvalue weighted by Gasteiger charge is 2.31. The van der Waals surface area contributed by atoms with Gasteiger partial charge in [-0.25, -0.2) is 13.6 Å². The molecule has 7 N–H and O–H groups in total. The van der Waals surface area contributed by atoms with E-state index in [1.54, 1.807) is 67.6 Å². The van der Waals surface area contributed by atoms with Gasteiger partial charge in [-0.15, -0.1) is 0 Å². The van der Waals surface area contributed by atoms with Gasteiger partial charge in [0.1, 0.15) is 5.84 Å². The molecule has 1 unspecified atom stereocenters. The molecule has 3 aromatic carbocycles. The monoisotopic (exact) mass is 477 g/mol. The van der Waals surface area contributed by atoms with Gasteiger partial charge in [0.05, 0.1) is 10.6 Å². The van der Waals surface area contributed by atoms with Crippen LogP contribution in [0.15, 0.2) is 83.3 Å². The van der Waals surface area contributed by atoms with Gasteiger partial charge < -0.3 is 11.1 Å². The average Bonchev–Trinajstić information content (AvgIpc) is 3.20. The van der Waals surface area contributed by atoms with Gasteiger partial charge in [0.25, 0.3) is 5.91 Å². The molecular formula is C24H23N5O4S. The highest BCUT2D eigenvalue weighted by atomic mass is 32.2. The Morgan fingerprint density at radius 2 is 1.74 bits per heavy atom. The van der Waals surface area contributed by atoms with E-state index in [9.17, 15) is 13.2 Å².